The number of thiocarbonyl (C=S) groups is 1. The highest BCUT2D eigenvalue weighted by Crippen LogP contribution is 2.23. The van der Waals surface area contributed by atoms with Gasteiger partial charge in [0.15, 0.2) is 0 Å². The molecule has 0 bridgehead atoms. The van der Waals surface area contributed by atoms with Gasteiger partial charge in [0.2, 0.25) is 0 Å². The molecule has 1 aromatic heterocycles. The van der Waals surface area contributed by atoms with Crippen LogP contribution in [0.5, 0.6) is 0 Å². The van der Waals surface area contributed by atoms with E-state index in [1.165, 1.54) is 5.56 Å². The van der Waals surface area contributed by atoms with Crippen molar-refractivity contribution in [3.8, 4) is 0 Å². The second kappa shape index (κ2) is 6.33. The van der Waals surface area contributed by atoms with E-state index < -0.39 is 0 Å². The van der Waals surface area contributed by atoms with Crippen LogP contribution in [0, 0.1) is 5.92 Å². The van der Waals surface area contributed by atoms with Crippen molar-refractivity contribution >= 4 is 23.0 Å². The lowest BCUT2D eigenvalue weighted by Gasteiger charge is -2.26. The van der Waals surface area contributed by atoms with Crippen molar-refractivity contribution < 1.29 is 0 Å². The van der Waals surface area contributed by atoms with Crippen molar-refractivity contribution in [3.63, 3.8) is 0 Å². The molecule has 106 valence electrons. The van der Waals surface area contributed by atoms with Crippen LogP contribution >= 0.6 is 12.2 Å². The summed E-state index contributed by atoms with van der Waals surface area (Å²) in [4.78, 5) is 7.34. The topological polar surface area (TPSA) is 42.1 Å². The third kappa shape index (κ3) is 4.46. The Balaban J connectivity index is 2.85. The Morgan fingerprint density at radius 1 is 1.42 bits per heavy atom. The number of pyridine rings is 1. The van der Waals surface area contributed by atoms with Crippen LogP contribution in [0.25, 0.3) is 0 Å². The van der Waals surface area contributed by atoms with Crippen LogP contribution in [0.4, 0.5) is 5.82 Å². The van der Waals surface area contributed by atoms with Crippen LogP contribution in [0.1, 0.15) is 40.2 Å². The van der Waals surface area contributed by atoms with Crippen LogP contribution in [-0.4, -0.2) is 23.1 Å². The fourth-order valence-corrected chi connectivity index (χ4v) is 1.90. The molecule has 0 fully saturated rings. The Hall–Kier alpha value is -1.16. The van der Waals surface area contributed by atoms with Crippen LogP contribution in [0.3, 0.4) is 0 Å². The normalized spacial score (nSPS) is 13.1. The number of nitrogens with zero attached hydrogens (tertiary/aromatic N) is 2. The first-order chi connectivity index (χ1) is 8.75. The molecule has 1 unspecified atom stereocenters. The minimum Gasteiger partial charge on any atom is -0.393 e. The van der Waals surface area contributed by atoms with E-state index in [0.29, 0.717) is 4.99 Å². The second-order valence-corrected chi connectivity index (χ2v) is 6.47. The number of aromatic nitrogens is 1. The average Bonchev–Trinajstić information content (AvgIpc) is 2.34. The maximum atomic E-state index is 5.68. The second-order valence-electron chi connectivity index (χ2n) is 6.00. The Bertz CT molecular complexity index is 420. The van der Waals surface area contributed by atoms with E-state index in [0.717, 1.165) is 18.9 Å². The monoisotopic (exact) mass is 279 g/mol. The summed E-state index contributed by atoms with van der Waals surface area (Å²) >= 11 is 5.03. The highest BCUT2D eigenvalue weighted by molar-refractivity contribution is 7.80. The minimum atomic E-state index is 0.134. The molecule has 3 nitrogen and oxygen atoms in total. The first kappa shape index (κ1) is 15.9. The molecule has 19 heavy (non-hydrogen) atoms. The molecule has 0 aromatic carbocycles. The highest BCUT2D eigenvalue weighted by Gasteiger charge is 2.16. The van der Waals surface area contributed by atoms with Gasteiger partial charge in [0.25, 0.3) is 0 Å². The summed E-state index contributed by atoms with van der Waals surface area (Å²) in [5.74, 6) is 1.18. The Morgan fingerprint density at radius 2 is 2.05 bits per heavy atom. The van der Waals surface area contributed by atoms with E-state index in [1.54, 1.807) is 0 Å². The number of anilines is 1. The SMILES string of the molecule is CCN(CC(C)C(N)=S)c1ccc(C(C)(C)C)cn1. The lowest BCUT2D eigenvalue weighted by Crippen LogP contribution is -2.34. The molecule has 0 aliphatic heterocycles. The van der Waals surface area contributed by atoms with Crippen LogP contribution < -0.4 is 10.6 Å². The lowest BCUT2D eigenvalue weighted by atomic mass is 9.88. The quantitative estimate of drug-likeness (QED) is 0.841. The summed E-state index contributed by atoms with van der Waals surface area (Å²) in [6, 6.07) is 4.23. The largest absolute Gasteiger partial charge is 0.393 e. The number of rotatable bonds is 5. The first-order valence-corrected chi connectivity index (χ1v) is 7.17. The fraction of sp³-hybridized carbons (Fsp3) is 0.600. The third-order valence-corrected chi connectivity index (χ3v) is 3.70. The Morgan fingerprint density at radius 3 is 2.42 bits per heavy atom. The molecule has 0 amide bonds. The summed E-state index contributed by atoms with van der Waals surface area (Å²) in [6.45, 7) is 12.4. The van der Waals surface area contributed by atoms with Crippen LogP contribution in [-0.2, 0) is 5.41 Å². The number of hydrogen-bond acceptors (Lipinski definition) is 3. The molecular weight excluding hydrogens is 254 g/mol. The molecule has 1 heterocycles. The Labute approximate surface area is 122 Å². The van der Waals surface area contributed by atoms with E-state index in [-0.39, 0.29) is 11.3 Å². The smallest absolute Gasteiger partial charge is 0.128 e. The Kier molecular flexibility index (Phi) is 5.29. The van der Waals surface area contributed by atoms with Crippen molar-refractivity contribution in [1.29, 1.82) is 0 Å². The van der Waals surface area contributed by atoms with Gasteiger partial charge in [-0.2, -0.15) is 0 Å². The molecule has 0 radical (unpaired) electrons. The van der Waals surface area contributed by atoms with Crippen molar-refractivity contribution in [1.82, 2.24) is 4.98 Å². The third-order valence-electron chi connectivity index (χ3n) is 3.30. The average molecular weight is 279 g/mol. The maximum absolute atomic E-state index is 5.68. The molecule has 1 atom stereocenters. The van der Waals surface area contributed by atoms with Gasteiger partial charge in [-0.15, -0.1) is 0 Å². The van der Waals surface area contributed by atoms with Gasteiger partial charge in [0.05, 0.1) is 4.99 Å². The van der Waals surface area contributed by atoms with Gasteiger partial charge in [-0.05, 0) is 24.0 Å². The van der Waals surface area contributed by atoms with E-state index >= 15 is 0 Å². The van der Waals surface area contributed by atoms with Gasteiger partial charge in [-0.1, -0.05) is 46.0 Å². The molecule has 4 heteroatoms. The molecule has 0 saturated carbocycles. The standard InChI is InChI=1S/C15H25N3S/c1-6-18(10-11(2)14(16)19)13-8-7-12(9-17-13)15(3,4)5/h7-9,11H,6,10H2,1-5H3,(H2,16,19). The zero-order valence-corrected chi connectivity index (χ0v) is 13.4. The van der Waals surface area contributed by atoms with E-state index in [1.807, 2.05) is 6.20 Å². The highest BCUT2D eigenvalue weighted by atomic mass is 32.1. The van der Waals surface area contributed by atoms with Gasteiger partial charge in [-0.25, -0.2) is 4.98 Å². The van der Waals surface area contributed by atoms with E-state index in [2.05, 4.69) is 56.6 Å². The molecule has 0 aliphatic rings. The number of nitrogens with two attached hydrogens (primary N) is 1. The summed E-state index contributed by atoms with van der Waals surface area (Å²) in [5, 5.41) is 0. The van der Waals surface area contributed by atoms with Crippen molar-refractivity contribution in [2.75, 3.05) is 18.0 Å². The number of hydrogen-bond donors (Lipinski definition) is 1. The minimum absolute atomic E-state index is 0.134. The summed E-state index contributed by atoms with van der Waals surface area (Å²) < 4.78 is 0. The van der Waals surface area contributed by atoms with Crippen molar-refractivity contribution in [2.45, 2.75) is 40.0 Å². The van der Waals surface area contributed by atoms with E-state index in [4.69, 9.17) is 18.0 Å². The molecule has 0 saturated heterocycles. The van der Waals surface area contributed by atoms with E-state index in [9.17, 15) is 0 Å². The van der Waals surface area contributed by atoms with Gasteiger partial charge in [0, 0.05) is 25.2 Å². The molecule has 2 N–H and O–H groups in total. The molecule has 1 aromatic rings. The molecule has 0 aliphatic carbocycles. The van der Waals surface area contributed by atoms with Gasteiger partial charge in [-0.3, -0.25) is 0 Å². The van der Waals surface area contributed by atoms with Crippen LogP contribution in [0.15, 0.2) is 18.3 Å². The molecule has 1 rings (SSSR count). The van der Waals surface area contributed by atoms with Crippen molar-refractivity contribution in [2.24, 2.45) is 11.7 Å². The maximum Gasteiger partial charge on any atom is 0.128 e. The predicted octanol–water partition coefficient (Wildman–Crippen LogP) is 3.13. The van der Waals surface area contributed by atoms with Crippen LogP contribution in [0.2, 0.25) is 0 Å². The first-order valence-electron chi connectivity index (χ1n) is 6.76. The summed E-state index contributed by atoms with van der Waals surface area (Å²) in [5.41, 5.74) is 7.06. The van der Waals surface area contributed by atoms with Crippen molar-refractivity contribution in [3.05, 3.63) is 23.9 Å². The zero-order valence-electron chi connectivity index (χ0n) is 12.6. The van der Waals surface area contributed by atoms with Gasteiger partial charge in [0.1, 0.15) is 5.82 Å². The lowest BCUT2D eigenvalue weighted by molar-refractivity contribution is 0.587. The molecule has 0 spiro atoms. The zero-order chi connectivity index (χ0) is 14.6. The molecular formula is C15H25N3S. The fourth-order valence-electron chi connectivity index (χ4n) is 1.82. The summed E-state index contributed by atoms with van der Waals surface area (Å²) in [6.07, 6.45) is 1.96. The summed E-state index contributed by atoms with van der Waals surface area (Å²) in [7, 11) is 0. The van der Waals surface area contributed by atoms with Gasteiger partial charge >= 0.3 is 0 Å². The predicted molar refractivity (Wildman–Crippen MR) is 86.8 cm³/mol. The van der Waals surface area contributed by atoms with Gasteiger partial charge < -0.3 is 10.6 Å².